The van der Waals surface area contributed by atoms with Crippen molar-refractivity contribution in [2.24, 2.45) is 0 Å². The third kappa shape index (κ3) is 4.12. The van der Waals surface area contributed by atoms with Gasteiger partial charge in [-0.15, -0.1) is 12.4 Å². The molecule has 1 rings (SSSR count). The third-order valence-electron chi connectivity index (χ3n) is 2.98. The molecule has 3 N–H and O–H groups in total. The molecule has 0 aromatic rings. The summed E-state index contributed by atoms with van der Waals surface area (Å²) in [6.45, 7) is 2.78. The number of methoxy groups -OCH3 is 1. The molecule has 0 spiro atoms. The second-order valence-electron chi connectivity index (χ2n) is 4.27. The average molecular weight is 281 g/mol. The normalized spacial score (nSPS) is 24.6. The minimum Gasteiger partial charge on any atom is -0.467 e. The van der Waals surface area contributed by atoms with Gasteiger partial charge in [-0.05, 0) is 25.8 Å². The highest BCUT2D eigenvalue weighted by Gasteiger charge is 2.38. The van der Waals surface area contributed by atoms with Gasteiger partial charge in [0, 0.05) is 6.54 Å². The lowest BCUT2D eigenvalue weighted by Crippen LogP contribution is -2.58. The zero-order chi connectivity index (χ0) is 12.9. The number of esters is 1. The number of hydrogen-bond donors (Lipinski definition) is 3. The van der Waals surface area contributed by atoms with Gasteiger partial charge >= 0.3 is 5.97 Å². The number of aliphatic hydroxyl groups is 1. The van der Waals surface area contributed by atoms with Crippen LogP contribution in [0.4, 0.5) is 0 Å². The number of rotatable bonds is 4. The lowest BCUT2D eigenvalue weighted by Gasteiger charge is -2.32. The predicted octanol–water partition coefficient (Wildman–Crippen LogP) is -0.409. The van der Waals surface area contributed by atoms with Crippen molar-refractivity contribution in [2.45, 2.75) is 37.8 Å². The molecule has 0 aliphatic carbocycles. The molecule has 7 heteroatoms. The average Bonchev–Trinajstić information content (AvgIpc) is 2.35. The van der Waals surface area contributed by atoms with E-state index in [0.717, 1.165) is 13.0 Å². The van der Waals surface area contributed by atoms with E-state index >= 15 is 0 Å². The molecule has 1 saturated heterocycles. The van der Waals surface area contributed by atoms with Crippen molar-refractivity contribution < 1.29 is 19.4 Å². The molecule has 6 nitrogen and oxygen atoms in total. The van der Waals surface area contributed by atoms with E-state index in [2.05, 4.69) is 15.4 Å². The van der Waals surface area contributed by atoms with Crippen LogP contribution >= 0.6 is 12.4 Å². The number of carbonyl (C=O) groups excluding carboxylic acids is 2. The van der Waals surface area contributed by atoms with Crippen LogP contribution in [0.25, 0.3) is 0 Å². The third-order valence-corrected chi connectivity index (χ3v) is 2.98. The Morgan fingerprint density at radius 3 is 2.67 bits per heavy atom. The van der Waals surface area contributed by atoms with Crippen LogP contribution in [0.3, 0.4) is 0 Å². The molecule has 0 saturated carbocycles. The Labute approximate surface area is 113 Å². The maximum absolute atomic E-state index is 11.9. The fourth-order valence-corrected chi connectivity index (χ4v) is 1.85. The van der Waals surface area contributed by atoms with Crippen molar-refractivity contribution in [2.75, 3.05) is 20.2 Å². The molecule has 1 aliphatic heterocycles. The Bertz CT molecular complexity index is 293. The molecule has 0 radical (unpaired) electrons. The topological polar surface area (TPSA) is 87.7 Å². The fourth-order valence-electron chi connectivity index (χ4n) is 1.85. The van der Waals surface area contributed by atoms with Crippen LogP contribution in [-0.4, -0.2) is 48.8 Å². The summed E-state index contributed by atoms with van der Waals surface area (Å²) in [4.78, 5) is 23.2. The number of nitrogens with one attached hydrogen (secondary N) is 2. The Morgan fingerprint density at radius 1 is 1.56 bits per heavy atom. The van der Waals surface area contributed by atoms with Crippen molar-refractivity contribution in [1.29, 1.82) is 0 Å². The van der Waals surface area contributed by atoms with E-state index in [1.54, 1.807) is 6.92 Å². The summed E-state index contributed by atoms with van der Waals surface area (Å²) < 4.78 is 4.57. The first-order chi connectivity index (χ1) is 8.03. The van der Waals surface area contributed by atoms with Crippen LogP contribution in [0.1, 0.15) is 26.2 Å². The first-order valence-corrected chi connectivity index (χ1v) is 5.85. The number of ether oxygens (including phenoxy) is 1. The van der Waals surface area contributed by atoms with Crippen LogP contribution in [-0.2, 0) is 14.3 Å². The molecule has 0 aromatic carbocycles. The molecule has 18 heavy (non-hydrogen) atoms. The summed E-state index contributed by atoms with van der Waals surface area (Å²) in [5.74, 6) is -1.00. The van der Waals surface area contributed by atoms with Crippen molar-refractivity contribution >= 4 is 24.3 Å². The lowest BCUT2D eigenvalue weighted by molar-refractivity contribution is -0.150. The monoisotopic (exact) mass is 280 g/mol. The highest BCUT2D eigenvalue weighted by Crippen LogP contribution is 2.16. The number of β-amino-alcohol motifs (C(OH)–C–C–N with tert-alkyl or cyclic N) is 1. The molecule has 2 atom stereocenters. The van der Waals surface area contributed by atoms with Crippen molar-refractivity contribution in [3.8, 4) is 0 Å². The smallest absolute Gasteiger partial charge is 0.328 e. The fraction of sp³-hybridized carbons (Fsp3) is 0.818. The Hall–Kier alpha value is -0.850. The van der Waals surface area contributed by atoms with Gasteiger partial charge in [0.05, 0.1) is 7.11 Å². The zero-order valence-electron chi connectivity index (χ0n) is 10.7. The number of carbonyl (C=O) groups is 2. The molecule has 1 heterocycles. The molecule has 0 aromatic heterocycles. The van der Waals surface area contributed by atoms with Crippen LogP contribution in [0.2, 0.25) is 0 Å². The van der Waals surface area contributed by atoms with Gasteiger partial charge in [0.1, 0.15) is 6.04 Å². The summed E-state index contributed by atoms with van der Waals surface area (Å²) in [5, 5.41) is 15.6. The van der Waals surface area contributed by atoms with Gasteiger partial charge in [-0.2, -0.15) is 0 Å². The van der Waals surface area contributed by atoms with E-state index in [-0.39, 0.29) is 19.0 Å². The van der Waals surface area contributed by atoms with Gasteiger partial charge in [0.25, 0.3) is 5.91 Å². The SMILES string of the molecule is CC[C@H](NC(=O)C1(O)CCCNC1)C(=O)OC.Cl. The summed E-state index contributed by atoms with van der Waals surface area (Å²) in [5.41, 5.74) is -1.42. The summed E-state index contributed by atoms with van der Waals surface area (Å²) >= 11 is 0. The minimum atomic E-state index is -1.42. The van der Waals surface area contributed by atoms with Crippen molar-refractivity contribution in [3.05, 3.63) is 0 Å². The molecular formula is C11H21ClN2O4. The molecule has 1 fully saturated rings. The number of halogens is 1. The Kier molecular flexibility index (Phi) is 7.20. The molecule has 106 valence electrons. The minimum absolute atomic E-state index is 0. The second-order valence-corrected chi connectivity index (χ2v) is 4.27. The predicted molar refractivity (Wildman–Crippen MR) is 68.5 cm³/mol. The standard InChI is InChI=1S/C11H20N2O4.ClH/c1-3-8(9(14)17-2)13-10(15)11(16)5-4-6-12-7-11;/h8,12,16H,3-7H2,1-2H3,(H,13,15);1H/t8-,11?;/m0./s1. The Balaban J connectivity index is 0.00000289. The highest BCUT2D eigenvalue weighted by atomic mass is 35.5. The van der Waals surface area contributed by atoms with Crippen LogP contribution in [0.15, 0.2) is 0 Å². The maximum Gasteiger partial charge on any atom is 0.328 e. The number of hydrogen-bond acceptors (Lipinski definition) is 5. The van der Waals surface area contributed by atoms with Gasteiger partial charge in [-0.25, -0.2) is 4.79 Å². The largest absolute Gasteiger partial charge is 0.467 e. The Morgan fingerprint density at radius 2 is 2.22 bits per heavy atom. The van der Waals surface area contributed by atoms with E-state index in [9.17, 15) is 14.7 Å². The van der Waals surface area contributed by atoms with E-state index in [1.807, 2.05) is 0 Å². The van der Waals surface area contributed by atoms with Gasteiger partial charge in [-0.3, -0.25) is 4.79 Å². The second kappa shape index (κ2) is 7.56. The van der Waals surface area contributed by atoms with Gasteiger partial charge in [-0.1, -0.05) is 6.92 Å². The molecule has 1 amide bonds. The van der Waals surface area contributed by atoms with Gasteiger partial charge in [0.2, 0.25) is 0 Å². The van der Waals surface area contributed by atoms with Gasteiger partial charge < -0.3 is 20.5 Å². The quantitative estimate of drug-likeness (QED) is 0.610. The van der Waals surface area contributed by atoms with Crippen molar-refractivity contribution in [3.63, 3.8) is 0 Å². The summed E-state index contributed by atoms with van der Waals surface area (Å²) in [6, 6.07) is -0.696. The highest BCUT2D eigenvalue weighted by molar-refractivity contribution is 5.89. The molecular weight excluding hydrogens is 260 g/mol. The van der Waals surface area contributed by atoms with Gasteiger partial charge in [0.15, 0.2) is 5.60 Å². The summed E-state index contributed by atoms with van der Waals surface area (Å²) in [7, 11) is 1.27. The number of piperidine rings is 1. The van der Waals surface area contributed by atoms with Crippen LogP contribution in [0.5, 0.6) is 0 Å². The first kappa shape index (κ1) is 17.2. The molecule has 1 aliphatic rings. The maximum atomic E-state index is 11.9. The van der Waals surface area contributed by atoms with E-state index < -0.39 is 23.5 Å². The van der Waals surface area contributed by atoms with E-state index in [4.69, 9.17) is 0 Å². The van der Waals surface area contributed by atoms with E-state index in [0.29, 0.717) is 12.8 Å². The van der Waals surface area contributed by atoms with Crippen LogP contribution in [0, 0.1) is 0 Å². The number of amides is 1. The first-order valence-electron chi connectivity index (χ1n) is 5.85. The summed E-state index contributed by atoms with van der Waals surface area (Å²) in [6.07, 6.45) is 1.57. The zero-order valence-corrected chi connectivity index (χ0v) is 11.5. The van der Waals surface area contributed by atoms with Crippen LogP contribution < -0.4 is 10.6 Å². The lowest BCUT2D eigenvalue weighted by atomic mass is 9.93. The van der Waals surface area contributed by atoms with Crippen molar-refractivity contribution in [1.82, 2.24) is 10.6 Å². The molecule has 1 unspecified atom stereocenters. The molecule has 0 bridgehead atoms. The van der Waals surface area contributed by atoms with E-state index in [1.165, 1.54) is 7.11 Å².